The van der Waals surface area contributed by atoms with Crippen LogP contribution >= 0.6 is 152 Å². The molecule has 4 fully saturated rings. The van der Waals surface area contributed by atoms with Crippen molar-refractivity contribution in [2.24, 2.45) is 11.8 Å². The van der Waals surface area contributed by atoms with Gasteiger partial charge in [-0.1, -0.05) is 123 Å². The standard InChI is InChI=1S/C11H9Cl2NO.C11H8Cl2O.C11H11NO.C11H10O.2CH3I.CH4.3HI.V.4W/c1-7-9(8-5-3-2-4-6-8)11(12,13)10(15)14-7;1-7-9(11(12,13)10(7)14)8-5-3-2-4-6-8;1-8-10(7-11(13)12-8)9-5-3-2-4-6-9;1-8-10(7-11(8)12)9-5-3-2-4-6-9;2*1-2;;;;;;;;;/h2-5,7,9H,1H2,(H,14,15);2-5,7,9H,1H2;2-5,8,10H,1,7H2,(H,12,13);2-5,8,10H,1,7H2;2*1H3;1H4;3*1H;;;;;/q4*-2;;;;;;;+3;4*+2/p-3. The third kappa shape index (κ3) is 23.6. The molecule has 2 aliphatic heterocycles. The van der Waals surface area contributed by atoms with Gasteiger partial charge in [0, 0.05) is 12.8 Å². The fraction of sp³-hybridized carbons (Fsp3) is 0.319. The molecule has 8 rings (SSSR count). The van der Waals surface area contributed by atoms with Crippen molar-refractivity contribution in [3.63, 3.8) is 0 Å². The van der Waals surface area contributed by atoms with E-state index < -0.39 is 14.6 Å². The number of ketones is 2. The van der Waals surface area contributed by atoms with Gasteiger partial charge in [-0.2, -0.15) is 144 Å². The first kappa shape index (κ1) is 76.8. The molecule has 0 radical (unpaired) electrons. The van der Waals surface area contributed by atoms with Crippen LogP contribution in [-0.2, 0) is 108 Å². The molecule has 8 atom stereocenters. The van der Waals surface area contributed by atoms with Gasteiger partial charge in [-0.3, -0.25) is 14.4 Å². The Labute approximate surface area is 542 Å². The zero-order chi connectivity index (χ0) is 46.8. The van der Waals surface area contributed by atoms with E-state index in [9.17, 15) is 19.2 Å². The number of carbonyl (C=O) groups excluding carboxylic acids is 4. The minimum atomic E-state index is -1.45. The van der Waals surface area contributed by atoms with Crippen LogP contribution in [0.15, 0.2) is 97.1 Å². The summed E-state index contributed by atoms with van der Waals surface area (Å²) in [7, 11) is 0. The maximum atomic E-state index is 11.5. The van der Waals surface area contributed by atoms with Crippen LogP contribution in [-0.4, -0.2) is 54.0 Å². The van der Waals surface area contributed by atoms with Crippen LogP contribution in [0.2, 0.25) is 0 Å². The van der Waals surface area contributed by atoms with Crippen LogP contribution in [0, 0.1) is 63.8 Å². The van der Waals surface area contributed by atoms with Crippen molar-refractivity contribution in [3.05, 3.63) is 171 Å². The first-order chi connectivity index (χ1) is 29.4. The van der Waals surface area contributed by atoms with Crippen molar-refractivity contribution in [1.29, 1.82) is 0 Å². The molecule has 2 saturated heterocycles. The molecule has 4 aromatic rings. The summed E-state index contributed by atoms with van der Waals surface area (Å²) in [5.74, 6) is -0.732. The molecule has 2 amide bonds. The number of alkyl halides is 6. The Hall–Kier alpha value is 3.31. The number of Topliss-reactive ketones (excluding diaryl/α,β-unsaturated/α-hetero) is 2. The number of halogens is 9. The number of hydrogen-bond donors (Lipinski definition) is 2. The SMILES string of the molecule is C.CI.CI.[CH2-]C1C(=O)C(Cl)(Cl)C1c1[c-]cccc1.[CH2-]C1C(=O)CC1c1[c-]cccc1.[CH2-]C1NC(=O)C(Cl)(Cl)C1c1[c-]cccc1.[CH2-]C1NC(=O)CC1c1[c-]cccc1.[I][V]([I])[I].[W+2].[W+2].[W+2].[W+2]. The Bertz CT molecular complexity index is 2000. The van der Waals surface area contributed by atoms with E-state index in [4.69, 9.17) is 46.4 Å². The maximum absolute atomic E-state index is 11.5. The summed E-state index contributed by atoms with van der Waals surface area (Å²) in [4.78, 5) is 48.5. The summed E-state index contributed by atoms with van der Waals surface area (Å²) in [6.07, 6.45) is 1.18. The second-order valence-corrected chi connectivity index (χ2v) is 51.7. The predicted molar refractivity (Wildman–Crippen MR) is 301 cm³/mol. The van der Waals surface area contributed by atoms with Crippen molar-refractivity contribution in [3.8, 4) is 0 Å². The smallest absolute Gasteiger partial charge is 2.00 e. The Balaban J connectivity index is -0.000000367. The zero-order valence-corrected chi connectivity index (χ0v) is 62.2. The van der Waals surface area contributed by atoms with E-state index in [1.165, 1.54) is 0 Å². The Morgan fingerprint density at radius 2 is 0.925 bits per heavy atom. The van der Waals surface area contributed by atoms with Gasteiger partial charge in [-0.05, 0) is 27.6 Å². The van der Waals surface area contributed by atoms with Crippen LogP contribution in [0.25, 0.3) is 0 Å². The summed E-state index contributed by atoms with van der Waals surface area (Å²) < 4.78 is -2.77. The zero-order valence-electron chi connectivity index (χ0n) is 35.2. The number of hydrogen-bond acceptors (Lipinski definition) is 4. The van der Waals surface area contributed by atoms with E-state index in [0.29, 0.717) is 18.8 Å². The van der Waals surface area contributed by atoms with E-state index >= 15 is 0 Å². The van der Waals surface area contributed by atoms with Gasteiger partial charge in [0.1, 0.15) is 11.6 Å². The molecule has 0 spiro atoms. The number of carbonyl (C=O) groups is 4. The molecule has 0 bridgehead atoms. The largest absolute Gasteiger partial charge is 2.00 e. The first-order valence-electron chi connectivity index (χ1n) is 18.5. The van der Waals surface area contributed by atoms with Crippen molar-refractivity contribution in [1.82, 2.24) is 10.6 Å². The molecule has 4 aromatic carbocycles. The van der Waals surface area contributed by atoms with Crippen molar-refractivity contribution < 1.29 is 108 Å². The molecule has 20 heteroatoms. The minimum Gasteiger partial charge on any atom is 2.00 e. The van der Waals surface area contributed by atoms with E-state index in [-0.39, 0.29) is 156 Å². The van der Waals surface area contributed by atoms with Gasteiger partial charge >= 0.3 is 149 Å². The second-order valence-electron chi connectivity index (χ2n) is 13.6. The number of nitrogens with one attached hydrogen (secondary N) is 2. The normalized spacial score (nSPS) is 23.8. The molecule has 8 unspecified atom stereocenters. The molecule has 2 saturated carbocycles. The topological polar surface area (TPSA) is 92.3 Å². The Kier molecular flexibility index (Phi) is 45.5. The van der Waals surface area contributed by atoms with Crippen molar-refractivity contribution >= 4 is 175 Å². The van der Waals surface area contributed by atoms with Gasteiger partial charge in [-0.25, -0.2) is 0 Å². The Morgan fingerprint density at radius 1 is 0.552 bits per heavy atom. The summed E-state index contributed by atoms with van der Waals surface area (Å²) >= 11 is 35.5. The minimum absolute atomic E-state index is 0. The van der Waals surface area contributed by atoms with Gasteiger partial charge in [0.25, 0.3) is 5.91 Å². The fourth-order valence-electron chi connectivity index (χ4n) is 6.69. The summed E-state index contributed by atoms with van der Waals surface area (Å²) in [5, 5.41) is 5.42. The summed E-state index contributed by atoms with van der Waals surface area (Å²) in [6, 6.07) is 42.1. The number of amides is 2. The number of benzene rings is 4. The molecule has 2 N–H and O–H groups in total. The third-order valence-corrected chi connectivity index (χ3v) is 11.5. The van der Waals surface area contributed by atoms with Crippen molar-refractivity contribution in [2.45, 2.75) is 64.7 Å². The van der Waals surface area contributed by atoms with Gasteiger partial charge < -0.3 is 43.1 Å². The molecule has 2 aliphatic carbocycles. The first-order valence-corrected chi connectivity index (χ1v) is 37.9. The third-order valence-electron chi connectivity index (χ3n) is 9.83. The molecule has 6 nitrogen and oxygen atoms in total. The van der Waals surface area contributed by atoms with Gasteiger partial charge in [0.15, 0.2) is 8.67 Å². The maximum Gasteiger partial charge on any atom is 2.00 e. The molecule has 0 aromatic heterocycles. The van der Waals surface area contributed by atoms with Gasteiger partial charge in [-0.15, -0.1) is 5.92 Å². The second kappa shape index (κ2) is 39.7. The van der Waals surface area contributed by atoms with Gasteiger partial charge in [0.2, 0.25) is 5.91 Å². The summed E-state index contributed by atoms with van der Waals surface area (Å²) in [6.45, 7) is 15.3. The Morgan fingerprint density at radius 3 is 1.21 bits per heavy atom. The van der Waals surface area contributed by atoms with Crippen LogP contribution in [0.1, 0.15) is 66.2 Å². The average Bonchev–Trinajstić information content (AvgIpc) is 3.72. The molecule has 2 heterocycles. The van der Waals surface area contributed by atoms with Gasteiger partial charge in [0.05, 0.1) is 0 Å². The quantitative estimate of drug-likeness (QED) is 0.121. The molecule has 67 heavy (non-hydrogen) atoms. The number of rotatable bonds is 4. The van der Waals surface area contributed by atoms with E-state index in [1.807, 2.05) is 94.8 Å². The average molecular weight is 2270 g/mol. The van der Waals surface area contributed by atoms with Crippen molar-refractivity contribution in [2.75, 3.05) is 9.86 Å². The van der Waals surface area contributed by atoms with E-state index in [1.54, 1.807) is 12.1 Å². The van der Waals surface area contributed by atoms with Crippen LogP contribution in [0.4, 0.5) is 0 Å². The molecular weight excluding hydrogens is 2220 g/mol. The van der Waals surface area contributed by atoms with Crippen LogP contribution in [0.5, 0.6) is 0 Å². The molecule has 362 valence electrons. The predicted octanol–water partition coefficient (Wildman–Crippen LogP) is 13.5. The molecule has 4 aliphatic rings. The fourth-order valence-corrected chi connectivity index (χ4v) is 8.16. The van der Waals surface area contributed by atoms with Crippen LogP contribution < -0.4 is 10.6 Å². The monoisotopic (exact) mass is 2270 g/mol. The molecular formula is C47H48Cl4I5N2O4VW4. The van der Waals surface area contributed by atoms with Crippen LogP contribution in [0.3, 0.4) is 0 Å². The van der Waals surface area contributed by atoms with E-state index in [2.05, 4.69) is 168 Å². The summed E-state index contributed by atoms with van der Waals surface area (Å²) in [5.41, 5.74) is 3.83. The van der Waals surface area contributed by atoms with E-state index in [0.717, 1.165) is 22.3 Å².